The third kappa shape index (κ3) is 3.37. The Morgan fingerprint density at radius 2 is 1.96 bits per heavy atom. The molecule has 0 amide bonds. The lowest BCUT2D eigenvalue weighted by Crippen LogP contribution is -2.36. The van der Waals surface area contributed by atoms with Gasteiger partial charge in [-0.2, -0.15) is 0 Å². The van der Waals surface area contributed by atoms with E-state index in [0.29, 0.717) is 0 Å². The van der Waals surface area contributed by atoms with Gasteiger partial charge < -0.3 is 9.64 Å². The molecule has 0 atom stereocenters. The van der Waals surface area contributed by atoms with Crippen molar-refractivity contribution in [1.29, 1.82) is 0 Å². The highest BCUT2D eigenvalue weighted by Crippen LogP contribution is 2.40. The Labute approximate surface area is 145 Å². The summed E-state index contributed by atoms with van der Waals surface area (Å²) in [6.45, 7) is 9.26. The molecule has 1 aromatic carbocycles. The second-order valence-corrected chi connectivity index (χ2v) is 7.86. The summed E-state index contributed by atoms with van der Waals surface area (Å²) < 4.78 is 19.3. The molecular weight excluding hydrogens is 335 g/mol. The van der Waals surface area contributed by atoms with Gasteiger partial charge in [0.15, 0.2) is 5.13 Å². The van der Waals surface area contributed by atoms with Crippen LogP contribution in [-0.4, -0.2) is 31.3 Å². The first kappa shape index (κ1) is 16.7. The van der Waals surface area contributed by atoms with Crippen molar-refractivity contribution in [3.63, 3.8) is 0 Å². The number of aromatic nitrogens is 1. The molecular formula is C17H20ClFN2OS. The molecule has 3 nitrogen and oxygen atoms in total. The van der Waals surface area contributed by atoms with E-state index in [2.05, 4.69) is 4.90 Å². The van der Waals surface area contributed by atoms with E-state index >= 15 is 0 Å². The Balaban J connectivity index is 2.02. The van der Waals surface area contributed by atoms with E-state index in [9.17, 15) is 4.39 Å². The van der Waals surface area contributed by atoms with Crippen molar-refractivity contribution in [2.75, 3.05) is 31.2 Å². The van der Waals surface area contributed by atoms with Crippen LogP contribution in [0, 0.1) is 5.82 Å². The molecule has 124 valence electrons. The highest BCUT2D eigenvalue weighted by molar-refractivity contribution is 7.14. The number of halogens is 2. The molecule has 0 N–H and O–H groups in total. The van der Waals surface area contributed by atoms with Crippen LogP contribution < -0.4 is 4.90 Å². The predicted molar refractivity (Wildman–Crippen MR) is 94.3 cm³/mol. The topological polar surface area (TPSA) is 25.4 Å². The number of anilines is 1. The molecule has 2 aromatic rings. The maximum absolute atomic E-state index is 13.9. The second kappa shape index (κ2) is 6.38. The van der Waals surface area contributed by atoms with Crippen molar-refractivity contribution in [3.05, 3.63) is 33.9 Å². The molecule has 1 saturated heterocycles. The first-order chi connectivity index (χ1) is 10.9. The fourth-order valence-electron chi connectivity index (χ4n) is 2.79. The van der Waals surface area contributed by atoms with E-state index in [4.69, 9.17) is 21.3 Å². The molecule has 1 aliphatic heterocycles. The van der Waals surface area contributed by atoms with Gasteiger partial charge in [-0.1, -0.05) is 32.4 Å². The van der Waals surface area contributed by atoms with E-state index in [1.165, 1.54) is 6.07 Å². The zero-order chi connectivity index (χ0) is 16.6. The van der Waals surface area contributed by atoms with Crippen molar-refractivity contribution in [2.24, 2.45) is 0 Å². The Morgan fingerprint density at radius 1 is 1.26 bits per heavy atom. The van der Waals surface area contributed by atoms with Crippen molar-refractivity contribution in [1.82, 2.24) is 4.98 Å². The molecule has 3 rings (SSSR count). The van der Waals surface area contributed by atoms with Crippen LogP contribution in [0.5, 0.6) is 0 Å². The zero-order valence-electron chi connectivity index (χ0n) is 13.5. The lowest BCUT2D eigenvalue weighted by molar-refractivity contribution is 0.122. The minimum absolute atomic E-state index is 0.191. The van der Waals surface area contributed by atoms with Gasteiger partial charge in [0, 0.05) is 24.0 Å². The minimum Gasteiger partial charge on any atom is -0.378 e. The Kier molecular flexibility index (Phi) is 4.63. The van der Waals surface area contributed by atoms with Gasteiger partial charge in [-0.25, -0.2) is 9.37 Å². The molecule has 6 heteroatoms. The van der Waals surface area contributed by atoms with Crippen LogP contribution in [-0.2, 0) is 10.2 Å². The van der Waals surface area contributed by atoms with Crippen molar-refractivity contribution in [2.45, 2.75) is 26.2 Å². The molecule has 0 bridgehead atoms. The SMILES string of the molecule is CC(C)(C)c1c(-c2csc(N3CCOCC3)n2)ccc(F)c1Cl. The van der Waals surface area contributed by atoms with Gasteiger partial charge in [-0.15, -0.1) is 11.3 Å². The third-order valence-corrected chi connectivity index (χ3v) is 5.17. The van der Waals surface area contributed by atoms with E-state index in [-0.39, 0.29) is 16.3 Å². The molecule has 1 aliphatic rings. The Hall–Kier alpha value is -1.17. The number of ether oxygens (including phenoxy) is 1. The number of thiazole rings is 1. The molecule has 2 heterocycles. The highest BCUT2D eigenvalue weighted by Gasteiger charge is 2.26. The summed E-state index contributed by atoms with van der Waals surface area (Å²) in [7, 11) is 0. The maximum Gasteiger partial charge on any atom is 0.186 e. The van der Waals surface area contributed by atoms with Crippen LogP contribution in [0.15, 0.2) is 17.5 Å². The lowest BCUT2D eigenvalue weighted by Gasteiger charge is -2.26. The van der Waals surface area contributed by atoms with Crippen molar-refractivity contribution >= 4 is 28.1 Å². The number of benzene rings is 1. The van der Waals surface area contributed by atoms with E-state index in [1.54, 1.807) is 17.4 Å². The van der Waals surface area contributed by atoms with Crippen LogP contribution in [0.1, 0.15) is 26.3 Å². The average molecular weight is 355 g/mol. The number of hydrogen-bond donors (Lipinski definition) is 0. The Morgan fingerprint density at radius 3 is 2.61 bits per heavy atom. The van der Waals surface area contributed by atoms with Gasteiger partial charge in [0.25, 0.3) is 0 Å². The smallest absolute Gasteiger partial charge is 0.186 e. The van der Waals surface area contributed by atoms with Gasteiger partial charge in [0.2, 0.25) is 0 Å². The van der Waals surface area contributed by atoms with E-state index < -0.39 is 0 Å². The summed E-state index contributed by atoms with van der Waals surface area (Å²) in [5.74, 6) is -0.385. The highest BCUT2D eigenvalue weighted by atomic mass is 35.5. The van der Waals surface area contributed by atoms with Crippen LogP contribution in [0.3, 0.4) is 0 Å². The van der Waals surface area contributed by atoms with Crippen LogP contribution in [0.2, 0.25) is 5.02 Å². The molecule has 0 unspecified atom stereocenters. The molecule has 0 aliphatic carbocycles. The number of morpholine rings is 1. The molecule has 23 heavy (non-hydrogen) atoms. The molecule has 1 aromatic heterocycles. The molecule has 0 radical (unpaired) electrons. The first-order valence-electron chi connectivity index (χ1n) is 7.65. The summed E-state index contributed by atoms with van der Waals surface area (Å²) in [6.07, 6.45) is 0. The monoisotopic (exact) mass is 354 g/mol. The molecule has 0 saturated carbocycles. The van der Waals surface area contributed by atoms with Crippen molar-refractivity contribution in [3.8, 4) is 11.3 Å². The summed E-state index contributed by atoms with van der Waals surface area (Å²) in [6, 6.07) is 3.20. The largest absolute Gasteiger partial charge is 0.378 e. The normalized spacial score (nSPS) is 16.0. The molecule has 0 spiro atoms. The maximum atomic E-state index is 13.9. The zero-order valence-corrected chi connectivity index (χ0v) is 15.1. The van der Waals surface area contributed by atoms with Crippen LogP contribution in [0.25, 0.3) is 11.3 Å². The third-order valence-electron chi connectivity index (χ3n) is 3.89. The fraction of sp³-hybridized carbons (Fsp3) is 0.471. The first-order valence-corrected chi connectivity index (χ1v) is 8.91. The van der Waals surface area contributed by atoms with Crippen LogP contribution in [0.4, 0.5) is 9.52 Å². The lowest BCUT2D eigenvalue weighted by atomic mass is 9.83. The summed E-state index contributed by atoms with van der Waals surface area (Å²) >= 11 is 7.86. The standard InChI is InChI=1S/C17H20ClFN2OS/c1-17(2,3)14-11(4-5-12(19)15(14)18)13-10-23-16(20-13)21-6-8-22-9-7-21/h4-5,10H,6-9H2,1-3H3. The van der Waals surface area contributed by atoms with Gasteiger partial charge >= 0.3 is 0 Å². The summed E-state index contributed by atoms with van der Waals surface area (Å²) in [5.41, 5.74) is 2.29. The summed E-state index contributed by atoms with van der Waals surface area (Å²) in [5, 5.41) is 3.18. The van der Waals surface area contributed by atoms with Crippen LogP contribution >= 0.6 is 22.9 Å². The van der Waals surface area contributed by atoms with Gasteiger partial charge in [0.1, 0.15) is 5.82 Å². The van der Waals surface area contributed by atoms with Gasteiger partial charge in [-0.3, -0.25) is 0 Å². The number of rotatable bonds is 2. The fourth-order valence-corrected chi connectivity index (χ4v) is 4.11. The summed E-state index contributed by atoms with van der Waals surface area (Å²) in [4.78, 5) is 6.98. The number of hydrogen-bond acceptors (Lipinski definition) is 4. The van der Waals surface area contributed by atoms with Crippen molar-refractivity contribution < 1.29 is 9.13 Å². The van der Waals surface area contributed by atoms with E-state index in [0.717, 1.165) is 48.3 Å². The Bertz CT molecular complexity index is 705. The minimum atomic E-state index is -0.385. The number of nitrogens with zero attached hydrogens (tertiary/aromatic N) is 2. The quantitative estimate of drug-likeness (QED) is 0.779. The van der Waals surface area contributed by atoms with Gasteiger partial charge in [-0.05, 0) is 23.1 Å². The van der Waals surface area contributed by atoms with E-state index in [1.807, 2.05) is 26.2 Å². The molecule has 1 fully saturated rings. The predicted octanol–water partition coefficient (Wildman–Crippen LogP) is 4.74. The van der Waals surface area contributed by atoms with Gasteiger partial charge in [0.05, 0.1) is 23.9 Å². The average Bonchev–Trinajstić information content (AvgIpc) is 2.99. The second-order valence-electron chi connectivity index (χ2n) is 6.65.